The molecule has 0 radical (unpaired) electrons. The summed E-state index contributed by atoms with van der Waals surface area (Å²) in [5.74, 6) is -0.606. The normalized spacial score (nSPS) is 12.5. The molecule has 0 saturated carbocycles. The number of esters is 1. The Kier molecular flexibility index (Phi) is 4.81. The summed E-state index contributed by atoms with van der Waals surface area (Å²) in [7, 11) is 1.38. The molecule has 0 heterocycles. The number of halogens is 1. The van der Waals surface area contributed by atoms with Crippen LogP contribution in [0.5, 0.6) is 0 Å². The third-order valence-electron chi connectivity index (χ3n) is 3.72. The molecule has 1 N–H and O–H groups in total. The predicted molar refractivity (Wildman–Crippen MR) is 85.0 cm³/mol. The molecule has 0 saturated heterocycles. The van der Waals surface area contributed by atoms with E-state index in [1.807, 2.05) is 44.2 Å². The summed E-state index contributed by atoms with van der Waals surface area (Å²) in [6, 6.07) is 15.4. The van der Waals surface area contributed by atoms with Gasteiger partial charge in [-0.3, -0.25) is 4.79 Å². The van der Waals surface area contributed by atoms with E-state index in [9.17, 15) is 9.18 Å². The van der Waals surface area contributed by atoms with Crippen molar-refractivity contribution < 1.29 is 13.9 Å². The molecule has 0 spiro atoms. The molecule has 3 nitrogen and oxygen atoms in total. The van der Waals surface area contributed by atoms with Gasteiger partial charge in [-0.05, 0) is 43.7 Å². The summed E-state index contributed by atoms with van der Waals surface area (Å²) >= 11 is 0. The number of ether oxygens (including phenoxy) is 1. The fourth-order valence-corrected chi connectivity index (χ4v) is 2.42. The van der Waals surface area contributed by atoms with Gasteiger partial charge in [-0.15, -0.1) is 0 Å². The maximum absolute atomic E-state index is 13.1. The van der Waals surface area contributed by atoms with Crippen LogP contribution >= 0.6 is 0 Å². The number of hydrogen-bond donors (Lipinski definition) is 1. The average molecular weight is 301 g/mol. The number of carbonyl (C=O) groups is 1. The summed E-state index contributed by atoms with van der Waals surface area (Å²) in [6.07, 6.45) is 0. The number of benzene rings is 2. The predicted octanol–water partition coefficient (Wildman–Crippen LogP) is 4.18. The Balaban J connectivity index is 2.38. The summed E-state index contributed by atoms with van der Waals surface area (Å²) in [5, 5.41) is 3.31. The molecule has 116 valence electrons. The van der Waals surface area contributed by atoms with Gasteiger partial charge >= 0.3 is 5.97 Å². The lowest BCUT2D eigenvalue weighted by atomic mass is 9.80. The van der Waals surface area contributed by atoms with Gasteiger partial charge in [0.15, 0.2) is 0 Å². The smallest absolute Gasteiger partial charge is 0.313 e. The van der Waals surface area contributed by atoms with Crippen molar-refractivity contribution in [3.8, 4) is 0 Å². The molecule has 1 unspecified atom stereocenters. The van der Waals surface area contributed by atoms with Crippen molar-refractivity contribution in [3.63, 3.8) is 0 Å². The largest absolute Gasteiger partial charge is 0.469 e. The zero-order chi connectivity index (χ0) is 16.2. The third kappa shape index (κ3) is 3.45. The minimum Gasteiger partial charge on any atom is -0.469 e. The lowest BCUT2D eigenvalue weighted by Gasteiger charge is -2.33. The number of carbonyl (C=O) groups excluding carboxylic acids is 1. The molecule has 0 aliphatic rings. The van der Waals surface area contributed by atoms with Crippen LogP contribution < -0.4 is 5.32 Å². The molecule has 2 aromatic carbocycles. The van der Waals surface area contributed by atoms with Gasteiger partial charge < -0.3 is 10.1 Å². The Labute approximate surface area is 130 Å². The molecule has 0 aliphatic carbocycles. The van der Waals surface area contributed by atoms with E-state index in [0.29, 0.717) is 0 Å². The highest BCUT2D eigenvalue weighted by Gasteiger charge is 2.39. The first-order valence-corrected chi connectivity index (χ1v) is 7.10. The summed E-state index contributed by atoms with van der Waals surface area (Å²) in [5.41, 5.74) is 0.916. The number of nitrogens with one attached hydrogen (secondary N) is 1. The fraction of sp³-hybridized carbons (Fsp3) is 0.278. The third-order valence-corrected chi connectivity index (χ3v) is 3.72. The van der Waals surface area contributed by atoms with Gasteiger partial charge in [0, 0.05) is 5.69 Å². The van der Waals surface area contributed by atoms with E-state index in [1.54, 1.807) is 12.1 Å². The summed E-state index contributed by atoms with van der Waals surface area (Å²) < 4.78 is 18.0. The van der Waals surface area contributed by atoms with Gasteiger partial charge in [-0.2, -0.15) is 0 Å². The Morgan fingerprint density at radius 2 is 1.68 bits per heavy atom. The van der Waals surface area contributed by atoms with Crippen LogP contribution in [0, 0.1) is 11.2 Å². The lowest BCUT2D eigenvalue weighted by Crippen LogP contribution is -2.36. The number of hydrogen-bond acceptors (Lipinski definition) is 3. The Morgan fingerprint density at radius 3 is 2.23 bits per heavy atom. The van der Waals surface area contributed by atoms with Crippen LogP contribution in [0.15, 0.2) is 54.6 Å². The van der Waals surface area contributed by atoms with E-state index < -0.39 is 5.41 Å². The topological polar surface area (TPSA) is 38.3 Å². The quantitative estimate of drug-likeness (QED) is 0.842. The first kappa shape index (κ1) is 16.0. The zero-order valence-corrected chi connectivity index (χ0v) is 13.0. The molecule has 0 aromatic heterocycles. The van der Waals surface area contributed by atoms with Crippen LogP contribution in [0.3, 0.4) is 0 Å². The first-order valence-electron chi connectivity index (χ1n) is 7.10. The lowest BCUT2D eigenvalue weighted by molar-refractivity contribution is -0.151. The molecule has 1 atom stereocenters. The standard InChI is InChI=1S/C18H20FNO2/c1-18(2,17(21)22-3)16(13-7-5-4-6-8-13)20-15-11-9-14(19)10-12-15/h4-12,16,20H,1-3H3. The molecular formula is C18H20FNO2. The van der Waals surface area contributed by atoms with Crippen LogP contribution in [0.4, 0.5) is 10.1 Å². The van der Waals surface area contributed by atoms with E-state index >= 15 is 0 Å². The minimum absolute atomic E-state index is 0.297. The highest BCUT2D eigenvalue weighted by molar-refractivity contribution is 5.78. The Bertz CT molecular complexity index is 623. The Hall–Kier alpha value is -2.36. The Morgan fingerprint density at radius 1 is 1.09 bits per heavy atom. The monoisotopic (exact) mass is 301 g/mol. The molecule has 22 heavy (non-hydrogen) atoms. The second-order valence-electron chi connectivity index (χ2n) is 5.71. The van der Waals surface area contributed by atoms with Crippen molar-refractivity contribution in [2.45, 2.75) is 19.9 Å². The van der Waals surface area contributed by atoms with Crippen molar-refractivity contribution >= 4 is 11.7 Å². The second kappa shape index (κ2) is 6.60. The van der Waals surface area contributed by atoms with Gasteiger partial charge in [0.1, 0.15) is 5.82 Å². The molecule has 2 rings (SSSR count). The molecule has 0 fully saturated rings. The maximum atomic E-state index is 13.1. The van der Waals surface area contributed by atoms with Gasteiger partial charge in [0.25, 0.3) is 0 Å². The van der Waals surface area contributed by atoms with Crippen molar-refractivity contribution in [1.29, 1.82) is 0 Å². The van der Waals surface area contributed by atoms with Crippen molar-refractivity contribution in [1.82, 2.24) is 0 Å². The van der Waals surface area contributed by atoms with Crippen LogP contribution in [-0.2, 0) is 9.53 Å². The van der Waals surface area contributed by atoms with Gasteiger partial charge in [0.2, 0.25) is 0 Å². The second-order valence-corrected chi connectivity index (χ2v) is 5.71. The number of anilines is 1. The molecule has 2 aromatic rings. The molecule has 4 heteroatoms. The van der Waals surface area contributed by atoms with Crippen molar-refractivity contribution in [2.75, 3.05) is 12.4 Å². The number of methoxy groups -OCH3 is 1. The molecular weight excluding hydrogens is 281 g/mol. The van der Waals surface area contributed by atoms with Crippen LogP contribution in [0.2, 0.25) is 0 Å². The van der Waals surface area contributed by atoms with Gasteiger partial charge in [-0.25, -0.2) is 4.39 Å². The van der Waals surface area contributed by atoms with Crippen molar-refractivity contribution in [3.05, 3.63) is 66.0 Å². The van der Waals surface area contributed by atoms with Crippen LogP contribution in [-0.4, -0.2) is 13.1 Å². The first-order chi connectivity index (χ1) is 10.4. The molecule has 0 aliphatic heterocycles. The van der Waals surface area contributed by atoms with Gasteiger partial charge in [-0.1, -0.05) is 30.3 Å². The maximum Gasteiger partial charge on any atom is 0.313 e. The van der Waals surface area contributed by atoms with E-state index in [-0.39, 0.29) is 17.8 Å². The van der Waals surface area contributed by atoms with Crippen LogP contribution in [0.25, 0.3) is 0 Å². The summed E-state index contributed by atoms with van der Waals surface area (Å²) in [6.45, 7) is 3.65. The number of rotatable bonds is 5. The highest BCUT2D eigenvalue weighted by Crippen LogP contribution is 2.37. The molecule has 0 amide bonds. The van der Waals surface area contributed by atoms with E-state index in [1.165, 1.54) is 19.2 Å². The van der Waals surface area contributed by atoms with Crippen molar-refractivity contribution in [2.24, 2.45) is 5.41 Å². The minimum atomic E-state index is -0.787. The highest BCUT2D eigenvalue weighted by atomic mass is 19.1. The SMILES string of the molecule is COC(=O)C(C)(C)C(Nc1ccc(F)cc1)c1ccccc1. The van der Waals surface area contributed by atoms with E-state index in [4.69, 9.17) is 4.74 Å². The van der Waals surface area contributed by atoms with E-state index in [2.05, 4.69) is 5.32 Å². The van der Waals surface area contributed by atoms with Crippen LogP contribution in [0.1, 0.15) is 25.5 Å². The average Bonchev–Trinajstić information content (AvgIpc) is 2.54. The fourth-order valence-electron chi connectivity index (χ4n) is 2.42. The summed E-state index contributed by atoms with van der Waals surface area (Å²) in [4.78, 5) is 12.2. The van der Waals surface area contributed by atoms with Gasteiger partial charge in [0.05, 0.1) is 18.6 Å². The zero-order valence-electron chi connectivity index (χ0n) is 13.0. The molecule has 0 bridgehead atoms. The van der Waals surface area contributed by atoms with E-state index in [0.717, 1.165) is 11.3 Å².